The number of benzene rings is 2. The zero-order chi connectivity index (χ0) is 14.4. The maximum Gasteiger partial charge on any atom is 0.115 e. The Hall–Kier alpha value is -1.52. The number of alkyl halides is 1. The highest BCUT2D eigenvalue weighted by atomic mass is 32.2. The summed E-state index contributed by atoms with van der Waals surface area (Å²) in [5.41, 5.74) is 1.72. The van der Waals surface area contributed by atoms with Gasteiger partial charge in [0.2, 0.25) is 0 Å². The number of nitrogens with zero attached hydrogens (tertiary/aromatic N) is 2. The molecule has 0 radical (unpaired) electrons. The number of hydrogen-bond donors (Lipinski definition) is 0. The fourth-order valence-corrected chi connectivity index (χ4v) is 2.86. The minimum absolute atomic E-state index is 0.431. The van der Waals surface area contributed by atoms with Crippen LogP contribution in [0.3, 0.4) is 0 Å². The van der Waals surface area contributed by atoms with E-state index in [1.807, 2.05) is 56.6 Å². The summed E-state index contributed by atoms with van der Waals surface area (Å²) >= 11 is 1.66. The van der Waals surface area contributed by atoms with Gasteiger partial charge in [0.15, 0.2) is 0 Å². The lowest BCUT2D eigenvalue weighted by Crippen LogP contribution is -2.28. The van der Waals surface area contributed by atoms with Gasteiger partial charge in [0.1, 0.15) is 6.67 Å². The molecule has 0 aliphatic carbocycles. The highest BCUT2D eigenvalue weighted by Crippen LogP contribution is 2.29. The van der Waals surface area contributed by atoms with E-state index >= 15 is 0 Å². The molecule has 0 saturated carbocycles. The largest absolute Gasteiger partial charge is 0.298 e. The fourth-order valence-electron chi connectivity index (χ4n) is 1.82. The second-order valence-electron chi connectivity index (χ2n) is 4.81. The van der Waals surface area contributed by atoms with E-state index in [0.717, 1.165) is 12.4 Å². The minimum Gasteiger partial charge on any atom is -0.298 e. The SMILES string of the molecule is CN(C)CN(Sc1ccccc1)c1cccc(CF)c1. The molecule has 106 valence electrons. The molecule has 0 saturated heterocycles. The van der Waals surface area contributed by atoms with Crippen LogP contribution >= 0.6 is 11.9 Å². The Morgan fingerprint density at radius 1 is 1.00 bits per heavy atom. The van der Waals surface area contributed by atoms with Crippen LogP contribution in [0.4, 0.5) is 10.1 Å². The third-order valence-corrected chi connectivity index (χ3v) is 3.75. The number of halogens is 1. The molecule has 4 heteroatoms. The zero-order valence-corrected chi connectivity index (χ0v) is 12.6. The van der Waals surface area contributed by atoms with E-state index < -0.39 is 6.67 Å². The van der Waals surface area contributed by atoms with Crippen molar-refractivity contribution >= 4 is 17.6 Å². The third kappa shape index (κ3) is 4.25. The Labute approximate surface area is 124 Å². The average Bonchev–Trinajstić information content (AvgIpc) is 2.47. The molecule has 0 atom stereocenters. The third-order valence-electron chi connectivity index (χ3n) is 2.72. The summed E-state index contributed by atoms with van der Waals surface area (Å²) in [5.74, 6) is 0. The first-order valence-corrected chi connectivity index (χ1v) is 7.26. The van der Waals surface area contributed by atoms with Crippen LogP contribution in [0, 0.1) is 0 Å². The Bertz CT molecular complexity index is 531. The highest BCUT2D eigenvalue weighted by Gasteiger charge is 2.10. The molecule has 2 aromatic carbocycles. The molecular formula is C16H19FN2S. The van der Waals surface area contributed by atoms with Crippen LogP contribution in [-0.4, -0.2) is 25.7 Å². The molecule has 0 spiro atoms. The molecule has 0 amide bonds. The van der Waals surface area contributed by atoms with Gasteiger partial charge >= 0.3 is 0 Å². The molecule has 0 unspecified atom stereocenters. The maximum atomic E-state index is 12.8. The van der Waals surface area contributed by atoms with E-state index in [1.54, 1.807) is 11.9 Å². The van der Waals surface area contributed by atoms with Crippen LogP contribution in [0.5, 0.6) is 0 Å². The lowest BCUT2D eigenvalue weighted by molar-refractivity contribution is 0.427. The van der Waals surface area contributed by atoms with Gasteiger partial charge in [-0.05, 0) is 55.9 Å². The van der Waals surface area contributed by atoms with Crippen molar-refractivity contribution in [1.82, 2.24) is 4.90 Å². The standard InChI is InChI=1S/C16H19FN2S/c1-18(2)13-19(20-16-9-4-3-5-10-16)15-8-6-7-14(11-15)12-17/h3-11H,12-13H2,1-2H3. The van der Waals surface area contributed by atoms with Crippen molar-refractivity contribution in [3.8, 4) is 0 Å². The molecule has 2 aromatic rings. The first kappa shape index (κ1) is 14.9. The Kier molecular flexibility index (Phi) is 5.44. The van der Waals surface area contributed by atoms with Gasteiger partial charge in [-0.25, -0.2) is 4.39 Å². The smallest absolute Gasteiger partial charge is 0.115 e. The zero-order valence-electron chi connectivity index (χ0n) is 11.8. The monoisotopic (exact) mass is 290 g/mol. The van der Waals surface area contributed by atoms with Gasteiger partial charge in [-0.2, -0.15) is 0 Å². The van der Waals surface area contributed by atoms with Gasteiger partial charge in [-0.15, -0.1) is 0 Å². The van der Waals surface area contributed by atoms with Crippen LogP contribution in [0.2, 0.25) is 0 Å². The summed E-state index contributed by atoms with van der Waals surface area (Å²) in [7, 11) is 4.05. The minimum atomic E-state index is -0.431. The van der Waals surface area contributed by atoms with Crippen molar-refractivity contribution in [3.63, 3.8) is 0 Å². The number of rotatable bonds is 6. The van der Waals surface area contributed by atoms with E-state index in [0.29, 0.717) is 5.56 Å². The predicted molar refractivity (Wildman–Crippen MR) is 84.6 cm³/mol. The van der Waals surface area contributed by atoms with Gasteiger partial charge in [-0.1, -0.05) is 30.3 Å². The fraction of sp³-hybridized carbons (Fsp3) is 0.250. The number of anilines is 1. The van der Waals surface area contributed by atoms with Gasteiger partial charge in [0.05, 0.1) is 6.67 Å². The van der Waals surface area contributed by atoms with Crippen molar-refractivity contribution < 1.29 is 4.39 Å². The Balaban J connectivity index is 2.22. The van der Waals surface area contributed by atoms with E-state index in [9.17, 15) is 4.39 Å². The summed E-state index contributed by atoms with van der Waals surface area (Å²) < 4.78 is 15.0. The second-order valence-corrected chi connectivity index (χ2v) is 5.90. The molecule has 0 aliphatic rings. The first-order chi connectivity index (χ1) is 9.69. The maximum absolute atomic E-state index is 12.8. The van der Waals surface area contributed by atoms with Crippen molar-refractivity contribution in [2.75, 3.05) is 25.1 Å². The van der Waals surface area contributed by atoms with Crippen LogP contribution in [0.1, 0.15) is 5.56 Å². The quantitative estimate of drug-likeness (QED) is 0.582. The van der Waals surface area contributed by atoms with E-state index in [4.69, 9.17) is 0 Å². The lowest BCUT2D eigenvalue weighted by atomic mass is 10.2. The summed E-state index contributed by atoms with van der Waals surface area (Å²) in [4.78, 5) is 3.26. The van der Waals surface area contributed by atoms with Crippen LogP contribution in [-0.2, 0) is 6.67 Å². The lowest BCUT2D eigenvalue weighted by Gasteiger charge is -2.26. The molecule has 0 N–H and O–H groups in total. The van der Waals surface area contributed by atoms with Crippen molar-refractivity contribution in [2.24, 2.45) is 0 Å². The first-order valence-electron chi connectivity index (χ1n) is 6.49. The molecule has 0 fully saturated rings. The Morgan fingerprint density at radius 2 is 1.75 bits per heavy atom. The van der Waals surface area contributed by atoms with Crippen LogP contribution in [0.15, 0.2) is 59.5 Å². The predicted octanol–water partition coefficient (Wildman–Crippen LogP) is 4.19. The van der Waals surface area contributed by atoms with E-state index in [1.165, 1.54) is 4.90 Å². The van der Waals surface area contributed by atoms with Gasteiger partial charge in [0, 0.05) is 10.6 Å². The molecule has 20 heavy (non-hydrogen) atoms. The molecule has 0 aromatic heterocycles. The average molecular weight is 290 g/mol. The molecule has 2 rings (SSSR count). The topological polar surface area (TPSA) is 6.48 Å². The van der Waals surface area contributed by atoms with Gasteiger partial charge < -0.3 is 0 Å². The molecule has 0 aliphatic heterocycles. The van der Waals surface area contributed by atoms with Crippen molar-refractivity contribution in [2.45, 2.75) is 11.6 Å². The van der Waals surface area contributed by atoms with Gasteiger partial charge in [0.25, 0.3) is 0 Å². The summed E-state index contributed by atoms with van der Waals surface area (Å²) in [5, 5.41) is 0. The summed E-state index contributed by atoms with van der Waals surface area (Å²) in [6, 6.07) is 17.8. The molecular weight excluding hydrogens is 271 g/mol. The summed E-state index contributed by atoms with van der Waals surface area (Å²) in [6.07, 6.45) is 0. The molecule has 0 heterocycles. The van der Waals surface area contributed by atoms with Crippen molar-refractivity contribution in [1.29, 1.82) is 0 Å². The summed E-state index contributed by atoms with van der Waals surface area (Å²) in [6.45, 7) is 0.328. The van der Waals surface area contributed by atoms with E-state index in [2.05, 4.69) is 21.3 Å². The van der Waals surface area contributed by atoms with Crippen LogP contribution in [0.25, 0.3) is 0 Å². The van der Waals surface area contributed by atoms with Gasteiger partial charge in [-0.3, -0.25) is 9.21 Å². The number of hydrogen-bond acceptors (Lipinski definition) is 3. The van der Waals surface area contributed by atoms with E-state index in [-0.39, 0.29) is 0 Å². The highest BCUT2D eigenvalue weighted by molar-refractivity contribution is 8.00. The van der Waals surface area contributed by atoms with Crippen molar-refractivity contribution in [3.05, 3.63) is 60.2 Å². The normalized spacial score (nSPS) is 10.8. The van der Waals surface area contributed by atoms with Crippen LogP contribution < -0.4 is 4.31 Å². The second kappa shape index (κ2) is 7.31. The molecule has 0 bridgehead atoms. The Morgan fingerprint density at radius 3 is 2.40 bits per heavy atom. The molecule has 2 nitrogen and oxygen atoms in total.